The van der Waals surface area contributed by atoms with Gasteiger partial charge in [0.25, 0.3) is 0 Å². The maximum Gasteiger partial charge on any atom is 0.191 e. The van der Waals surface area contributed by atoms with Gasteiger partial charge in [-0.25, -0.2) is 4.98 Å². The molecule has 0 spiro atoms. The third kappa shape index (κ3) is 6.83. The molecule has 1 saturated heterocycles. The minimum absolute atomic E-state index is 0. The molecule has 0 amide bonds. The Kier molecular flexibility index (Phi) is 9.47. The standard InChI is InChI=1S/C21H37N5S.HI/c1-5-22-20(23-12-10-19-25-18(15-27-19)21(2,3)4)24-16-11-13-26(14-16)17-8-6-7-9-17;/h15-17H,5-14H2,1-4H3,(H2,22,23,24);1H. The number of halogens is 1. The van der Waals surface area contributed by atoms with Gasteiger partial charge in [0.15, 0.2) is 5.96 Å². The summed E-state index contributed by atoms with van der Waals surface area (Å²) in [7, 11) is 0. The number of nitrogens with zero attached hydrogens (tertiary/aromatic N) is 3. The molecule has 0 radical (unpaired) electrons. The van der Waals surface area contributed by atoms with Gasteiger partial charge in [-0.05, 0) is 26.2 Å². The van der Waals surface area contributed by atoms with Crippen LogP contribution in [-0.4, -0.2) is 54.1 Å². The van der Waals surface area contributed by atoms with Crippen molar-refractivity contribution in [3.63, 3.8) is 0 Å². The van der Waals surface area contributed by atoms with Crippen molar-refractivity contribution in [2.45, 2.75) is 83.7 Å². The van der Waals surface area contributed by atoms with Gasteiger partial charge < -0.3 is 10.6 Å². The zero-order valence-corrected chi connectivity index (χ0v) is 21.1. The first kappa shape index (κ1) is 23.9. The van der Waals surface area contributed by atoms with Crippen molar-refractivity contribution in [1.29, 1.82) is 0 Å². The average Bonchev–Trinajstić information content (AvgIpc) is 3.35. The highest BCUT2D eigenvalue weighted by Gasteiger charge is 2.30. The predicted octanol–water partition coefficient (Wildman–Crippen LogP) is 4.17. The fourth-order valence-corrected chi connectivity index (χ4v) is 5.07. The van der Waals surface area contributed by atoms with E-state index in [0.29, 0.717) is 6.04 Å². The smallest absolute Gasteiger partial charge is 0.191 e. The summed E-state index contributed by atoms with van der Waals surface area (Å²) < 4.78 is 0. The number of hydrogen-bond acceptors (Lipinski definition) is 4. The highest BCUT2D eigenvalue weighted by molar-refractivity contribution is 14.0. The minimum atomic E-state index is 0. The molecule has 1 saturated carbocycles. The molecule has 28 heavy (non-hydrogen) atoms. The van der Waals surface area contributed by atoms with E-state index in [4.69, 9.17) is 9.98 Å². The van der Waals surface area contributed by atoms with Gasteiger partial charge in [0, 0.05) is 55.5 Å². The third-order valence-corrected chi connectivity index (χ3v) is 6.57. The predicted molar refractivity (Wildman–Crippen MR) is 131 cm³/mol. The van der Waals surface area contributed by atoms with Gasteiger partial charge in [-0.3, -0.25) is 9.89 Å². The zero-order chi connectivity index (χ0) is 19.3. The van der Waals surface area contributed by atoms with Crippen LogP contribution in [0.15, 0.2) is 10.4 Å². The van der Waals surface area contributed by atoms with Crippen LogP contribution in [-0.2, 0) is 11.8 Å². The van der Waals surface area contributed by atoms with Gasteiger partial charge in [0.05, 0.1) is 10.7 Å². The summed E-state index contributed by atoms with van der Waals surface area (Å²) in [5.41, 5.74) is 1.32. The molecule has 0 aromatic carbocycles. The van der Waals surface area contributed by atoms with Crippen molar-refractivity contribution in [1.82, 2.24) is 20.5 Å². The SMILES string of the molecule is CCNC(=NCCc1nc(C(C)(C)C)cs1)NC1CCN(C2CCCC2)C1.I. The Morgan fingerprint density at radius 1 is 1.29 bits per heavy atom. The Labute approximate surface area is 192 Å². The molecule has 2 fully saturated rings. The van der Waals surface area contributed by atoms with E-state index in [9.17, 15) is 0 Å². The molecular formula is C21H38IN5S. The quantitative estimate of drug-likeness (QED) is 0.337. The summed E-state index contributed by atoms with van der Waals surface area (Å²) in [4.78, 5) is 12.3. The van der Waals surface area contributed by atoms with Crippen molar-refractivity contribution < 1.29 is 0 Å². The number of guanidine groups is 1. The molecule has 1 aromatic heterocycles. The molecule has 5 nitrogen and oxygen atoms in total. The van der Waals surface area contributed by atoms with E-state index in [2.05, 4.69) is 48.6 Å². The molecular weight excluding hydrogens is 481 g/mol. The van der Waals surface area contributed by atoms with Crippen LogP contribution in [0.5, 0.6) is 0 Å². The summed E-state index contributed by atoms with van der Waals surface area (Å²) in [5.74, 6) is 0.961. The van der Waals surface area contributed by atoms with Crippen molar-refractivity contribution in [3.05, 3.63) is 16.1 Å². The molecule has 1 unspecified atom stereocenters. The Balaban J connectivity index is 0.00000280. The second kappa shape index (κ2) is 11.1. The van der Waals surface area contributed by atoms with Crippen LogP contribution in [0.25, 0.3) is 0 Å². The Morgan fingerprint density at radius 2 is 2.04 bits per heavy atom. The van der Waals surface area contributed by atoms with Gasteiger partial charge in [-0.1, -0.05) is 33.6 Å². The van der Waals surface area contributed by atoms with Crippen LogP contribution in [0.1, 0.15) is 70.5 Å². The largest absolute Gasteiger partial charge is 0.357 e. The molecule has 1 atom stereocenters. The molecule has 1 aliphatic carbocycles. The maximum absolute atomic E-state index is 4.81. The van der Waals surface area contributed by atoms with Crippen LogP contribution >= 0.6 is 35.3 Å². The van der Waals surface area contributed by atoms with Crippen LogP contribution in [0.2, 0.25) is 0 Å². The monoisotopic (exact) mass is 519 g/mol. The number of nitrogens with one attached hydrogen (secondary N) is 2. The van der Waals surface area contributed by atoms with E-state index in [1.807, 2.05) is 0 Å². The van der Waals surface area contributed by atoms with E-state index in [-0.39, 0.29) is 29.4 Å². The molecule has 160 valence electrons. The fourth-order valence-electron chi connectivity index (χ4n) is 4.05. The average molecular weight is 520 g/mol. The summed E-state index contributed by atoms with van der Waals surface area (Å²) in [6.45, 7) is 12.9. The van der Waals surface area contributed by atoms with E-state index < -0.39 is 0 Å². The van der Waals surface area contributed by atoms with Crippen molar-refractivity contribution in [2.24, 2.45) is 4.99 Å². The summed E-state index contributed by atoms with van der Waals surface area (Å²) in [5, 5.41) is 10.5. The number of thiazole rings is 1. The summed E-state index contributed by atoms with van der Waals surface area (Å²) in [6.07, 6.45) is 7.75. The summed E-state index contributed by atoms with van der Waals surface area (Å²) >= 11 is 1.76. The van der Waals surface area contributed by atoms with Gasteiger partial charge in [0.2, 0.25) is 0 Å². The molecule has 2 N–H and O–H groups in total. The Hall–Kier alpha value is -0.410. The molecule has 1 aromatic rings. The van der Waals surface area contributed by atoms with E-state index in [0.717, 1.165) is 38.1 Å². The molecule has 1 aliphatic heterocycles. The van der Waals surface area contributed by atoms with E-state index in [1.165, 1.54) is 49.4 Å². The van der Waals surface area contributed by atoms with Crippen molar-refractivity contribution in [2.75, 3.05) is 26.2 Å². The number of likely N-dealkylation sites (tertiary alicyclic amines) is 1. The first-order valence-corrected chi connectivity index (χ1v) is 11.6. The highest BCUT2D eigenvalue weighted by Crippen LogP contribution is 2.26. The number of hydrogen-bond donors (Lipinski definition) is 2. The first-order chi connectivity index (χ1) is 13.0. The lowest BCUT2D eigenvalue weighted by atomic mass is 9.93. The van der Waals surface area contributed by atoms with Gasteiger partial charge in [0.1, 0.15) is 0 Å². The molecule has 3 rings (SSSR count). The van der Waals surface area contributed by atoms with Gasteiger partial charge in [-0.2, -0.15) is 0 Å². The minimum Gasteiger partial charge on any atom is -0.357 e. The van der Waals surface area contributed by atoms with Crippen LogP contribution in [0, 0.1) is 0 Å². The normalized spacial score (nSPS) is 21.7. The molecule has 2 aliphatic rings. The van der Waals surface area contributed by atoms with Gasteiger partial charge in [-0.15, -0.1) is 35.3 Å². The van der Waals surface area contributed by atoms with Crippen molar-refractivity contribution >= 4 is 41.3 Å². The second-order valence-corrected chi connectivity index (χ2v) is 9.89. The molecule has 0 bridgehead atoms. The van der Waals surface area contributed by atoms with Crippen molar-refractivity contribution in [3.8, 4) is 0 Å². The summed E-state index contributed by atoms with van der Waals surface area (Å²) in [6, 6.07) is 1.36. The lowest BCUT2D eigenvalue weighted by Crippen LogP contribution is -2.45. The van der Waals surface area contributed by atoms with Crippen LogP contribution in [0.4, 0.5) is 0 Å². The van der Waals surface area contributed by atoms with Crippen LogP contribution < -0.4 is 10.6 Å². The molecule has 7 heteroatoms. The third-order valence-electron chi connectivity index (χ3n) is 5.66. The number of aromatic nitrogens is 1. The fraction of sp³-hybridized carbons (Fsp3) is 0.810. The maximum atomic E-state index is 4.81. The van der Waals surface area contributed by atoms with Crippen LogP contribution in [0.3, 0.4) is 0 Å². The van der Waals surface area contributed by atoms with E-state index in [1.54, 1.807) is 11.3 Å². The van der Waals surface area contributed by atoms with Gasteiger partial charge >= 0.3 is 0 Å². The Bertz CT molecular complexity index is 619. The lowest BCUT2D eigenvalue weighted by molar-refractivity contribution is 0.242. The zero-order valence-electron chi connectivity index (χ0n) is 18.0. The second-order valence-electron chi connectivity index (χ2n) is 8.95. The molecule has 2 heterocycles. The lowest BCUT2D eigenvalue weighted by Gasteiger charge is -2.24. The Morgan fingerprint density at radius 3 is 2.68 bits per heavy atom. The number of rotatable bonds is 6. The number of aliphatic imine (C=N–C) groups is 1. The highest BCUT2D eigenvalue weighted by atomic mass is 127. The first-order valence-electron chi connectivity index (χ1n) is 10.7. The topological polar surface area (TPSA) is 52.6 Å². The van der Waals surface area contributed by atoms with E-state index >= 15 is 0 Å².